The Kier molecular flexibility index (Phi) is 5.67. The Balaban J connectivity index is 2.31. The number of nitrogen functional groups attached to an aromatic ring is 3. The number of aliphatic hydroxyl groups excluding tert-OH is 2. The number of anilines is 4. The average molecular weight is 316 g/mol. The van der Waals surface area contributed by atoms with Crippen LogP contribution in [-0.4, -0.2) is 23.4 Å². The monoisotopic (exact) mass is 316 g/mol. The molecule has 0 unspecified atom stereocenters. The number of nitrogens with one attached hydrogen (secondary N) is 1. The van der Waals surface area contributed by atoms with Gasteiger partial charge in [-0.3, -0.25) is 0 Å². The highest BCUT2D eigenvalue weighted by Crippen LogP contribution is 2.29. The zero-order valence-electron chi connectivity index (χ0n) is 13.0. The molecule has 124 valence electrons. The van der Waals surface area contributed by atoms with Crippen molar-refractivity contribution in [2.45, 2.75) is 19.4 Å². The summed E-state index contributed by atoms with van der Waals surface area (Å²) >= 11 is 0. The first-order valence-electron chi connectivity index (χ1n) is 7.56. The maximum atomic E-state index is 9.32. The summed E-state index contributed by atoms with van der Waals surface area (Å²) in [4.78, 5) is 0. The van der Waals surface area contributed by atoms with Gasteiger partial charge in [-0.25, -0.2) is 0 Å². The molecule has 0 aliphatic carbocycles. The number of nitrogens with two attached hydrogens (primary N) is 3. The smallest absolute Gasteiger partial charge is 0.0472 e. The van der Waals surface area contributed by atoms with Crippen LogP contribution < -0.4 is 22.5 Å². The fourth-order valence-electron chi connectivity index (χ4n) is 2.66. The molecule has 0 aliphatic heterocycles. The van der Waals surface area contributed by atoms with Crippen LogP contribution in [0.3, 0.4) is 0 Å². The third-order valence-electron chi connectivity index (χ3n) is 3.81. The van der Waals surface area contributed by atoms with Crippen LogP contribution in [0.15, 0.2) is 30.3 Å². The van der Waals surface area contributed by atoms with Crippen LogP contribution >= 0.6 is 0 Å². The first kappa shape index (κ1) is 16.9. The highest BCUT2D eigenvalue weighted by molar-refractivity contribution is 5.67. The highest BCUT2D eigenvalue weighted by Gasteiger charge is 2.14. The van der Waals surface area contributed by atoms with Crippen LogP contribution in [0.4, 0.5) is 22.7 Å². The van der Waals surface area contributed by atoms with E-state index in [2.05, 4.69) is 5.32 Å². The number of rotatable bonds is 7. The van der Waals surface area contributed by atoms with Gasteiger partial charge < -0.3 is 32.7 Å². The molecule has 0 saturated heterocycles. The van der Waals surface area contributed by atoms with Crippen molar-refractivity contribution in [1.29, 1.82) is 0 Å². The Morgan fingerprint density at radius 2 is 1.65 bits per heavy atom. The second kappa shape index (κ2) is 7.71. The Labute approximate surface area is 135 Å². The minimum Gasteiger partial charge on any atom is -0.399 e. The van der Waals surface area contributed by atoms with Gasteiger partial charge in [-0.2, -0.15) is 0 Å². The largest absolute Gasteiger partial charge is 0.399 e. The summed E-state index contributed by atoms with van der Waals surface area (Å²) in [5.74, 6) is 0. The SMILES string of the molecule is Nc1cccc(NCc2c(N)cc(CCO)c(N)c2CCO)c1. The van der Waals surface area contributed by atoms with Crippen LogP contribution in [0.5, 0.6) is 0 Å². The summed E-state index contributed by atoms with van der Waals surface area (Å²) in [6.07, 6.45) is 0.862. The summed E-state index contributed by atoms with van der Waals surface area (Å²) < 4.78 is 0. The van der Waals surface area contributed by atoms with Crippen LogP contribution in [0.2, 0.25) is 0 Å². The second-order valence-corrected chi connectivity index (χ2v) is 5.42. The predicted molar refractivity (Wildman–Crippen MR) is 95.0 cm³/mol. The van der Waals surface area contributed by atoms with E-state index in [1.165, 1.54) is 0 Å². The fourth-order valence-corrected chi connectivity index (χ4v) is 2.66. The van der Waals surface area contributed by atoms with Gasteiger partial charge in [0.25, 0.3) is 0 Å². The van der Waals surface area contributed by atoms with E-state index < -0.39 is 0 Å². The zero-order valence-corrected chi connectivity index (χ0v) is 13.0. The topological polar surface area (TPSA) is 131 Å². The van der Waals surface area contributed by atoms with Crippen LogP contribution in [0.25, 0.3) is 0 Å². The van der Waals surface area contributed by atoms with Gasteiger partial charge in [0.15, 0.2) is 0 Å². The summed E-state index contributed by atoms with van der Waals surface area (Å²) in [6.45, 7) is 0.467. The molecule has 23 heavy (non-hydrogen) atoms. The van der Waals surface area contributed by atoms with Crippen LogP contribution in [-0.2, 0) is 19.4 Å². The molecule has 0 heterocycles. The molecule has 0 radical (unpaired) electrons. The van der Waals surface area contributed by atoms with E-state index in [-0.39, 0.29) is 13.2 Å². The molecular formula is C17H24N4O2. The average Bonchev–Trinajstić information content (AvgIpc) is 2.52. The molecule has 0 saturated carbocycles. The van der Waals surface area contributed by atoms with E-state index >= 15 is 0 Å². The molecule has 6 heteroatoms. The normalized spacial score (nSPS) is 10.7. The third-order valence-corrected chi connectivity index (χ3v) is 3.81. The van der Waals surface area contributed by atoms with Gasteiger partial charge in [0.1, 0.15) is 0 Å². The molecule has 2 aromatic carbocycles. The minimum atomic E-state index is -0.0164. The lowest BCUT2D eigenvalue weighted by molar-refractivity contribution is 0.298. The van der Waals surface area contributed by atoms with Crippen molar-refractivity contribution in [2.24, 2.45) is 0 Å². The van der Waals surface area contributed by atoms with E-state index in [9.17, 15) is 5.11 Å². The zero-order chi connectivity index (χ0) is 16.8. The third kappa shape index (κ3) is 4.06. The molecule has 0 amide bonds. The number of hydrogen-bond acceptors (Lipinski definition) is 6. The van der Waals surface area contributed by atoms with Gasteiger partial charge in [0.05, 0.1) is 0 Å². The van der Waals surface area contributed by atoms with Crippen molar-refractivity contribution in [2.75, 3.05) is 35.7 Å². The van der Waals surface area contributed by atoms with E-state index in [0.29, 0.717) is 36.4 Å². The molecule has 2 rings (SSSR count). The van der Waals surface area contributed by atoms with Gasteiger partial charge in [0, 0.05) is 42.5 Å². The second-order valence-electron chi connectivity index (χ2n) is 5.42. The molecule has 2 aromatic rings. The predicted octanol–water partition coefficient (Wildman–Crippen LogP) is 1.11. The Morgan fingerprint density at radius 1 is 0.913 bits per heavy atom. The fraction of sp³-hybridized carbons (Fsp3) is 0.294. The van der Waals surface area contributed by atoms with Gasteiger partial charge in [-0.05, 0) is 53.8 Å². The van der Waals surface area contributed by atoms with Crippen molar-refractivity contribution >= 4 is 22.7 Å². The van der Waals surface area contributed by atoms with Crippen molar-refractivity contribution in [3.63, 3.8) is 0 Å². The van der Waals surface area contributed by atoms with Crippen molar-refractivity contribution in [3.05, 3.63) is 47.0 Å². The summed E-state index contributed by atoms with van der Waals surface area (Å²) in [6, 6.07) is 9.24. The number of hydrogen-bond donors (Lipinski definition) is 6. The van der Waals surface area contributed by atoms with Gasteiger partial charge in [-0.15, -0.1) is 0 Å². The van der Waals surface area contributed by atoms with Crippen molar-refractivity contribution < 1.29 is 10.2 Å². The Hall–Kier alpha value is -2.44. The molecular weight excluding hydrogens is 292 g/mol. The standard InChI is InChI=1S/C17H24N4O2/c18-12-2-1-3-13(9-12)21-10-15-14(5-7-23)17(20)11(4-6-22)8-16(15)19/h1-3,8-9,21-23H,4-7,10,18-20H2. The molecule has 6 nitrogen and oxygen atoms in total. The van der Waals surface area contributed by atoms with E-state index in [4.69, 9.17) is 22.3 Å². The maximum absolute atomic E-state index is 9.32. The van der Waals surface area contributed by atoms with E-state index in [1.54, 1.807) is 6.07 Å². The molecule has 9 N–H and O–H groups in total. The first-order chi connectivity index (χ1) is 11.1. The summed E-state index contributed by atoms with van der Waals surface area (Å²) in [7, 11) is 0. The van der Waals surface area contributed by atoms with Crippen LogP contribution in [0, 0.1) is 0 Å². The molecule has 0 spiro atoms. The first-order valence-corrected chi connectivity index (χ1v) is 7.56. The molecule has 0 aliphatic rings. The lowest BCUT2D eigenvalue weighted by Crippen LogP contribution is -2.13. The van der Waals surface area contributed by atoms with Gasteiger partial charge in [0.2, 0.25) is 0 Å². The molecule has 0 aromatic heterocycles. The van der Waals surface area contributed by atoms with E-state index in [0.717, 1.165) is 22.4 Å². The maximum Gasteiger partial charge on any atom is 0.0472 e. The molecule has 0 atom stereocenters. The molecule has 0 bridgehead atoms. The summed E-state index contributed by atoms with van der Waals surface area (Å²) in [5, 5.41) is 21.7. The van der Waals surface area contributed by atoms with Gasteiger partial charge in [-0.1, -0.05) is 6.07 Å². The lowest BCUT2D eigenvalue weighted by atomic mass is 9.95. The Bertz CT molecular complexity index is 674. The summed E-state index contributed by atoms with van der Waals surface area (Å²) in [5.41, 5.74) is 23.4. The van der Waals surface area contributed by atoms with E-state index in [1.807, 2.05) is 24.3 Å². The van der Waals surface area contributed by atoms with Gasteiger partial charge >= 0.3 is 0 Å². The highest BCUT2D eigenvalue weighted by atomic mass is 16.3. The lowest BCUT2D eigenvalue weighted by Gasteiger charge is -2.19. The Morgan fingerprint density at radius 3 is 2.30 bits per heavy atom. The van der Waals surface area contributed by atoms with Crippen molar-refractivity contribution in [3.8, 4) is 0 Å². The molecule has 0 fully saturated rings. The number of aliphatic hydroxyl groups is 2. The van der Waals surface area contributed by atoms with Crippen LogP contribution in [0.1, 0.15) is 16.7 Å². The number of benzene rings is 2. The minimum absolute atomic E-state index is 0.00307. The van der Waals surface area contributed by atoms with Crippen molar-refractivity contribution in [1.82, 2.24) is 0 Å². The quantitative estimate of drug-likeness (QED) is 0.424.